The van der Waals surface area contributed by atoms with Crippen LogP contribution in [0, 0.1) is 23.1 Å². The molecular weight excluding hydrogens is 225 g/mol. The summed E-state index contributed by atoms with van der Waals surface area (Å²) in [4.78, 5) is 11.1. The number of halogens is 1. The number of esters is 1. The number of carbonyl (C=O) groups is 1. The minimum Gasteiger partial charge on any atom is -0.491 e. The first-order valence-corrected chi connectivity index (χ1v) is 4.99. The maximum Gasteiger partial charge on any atom is 0.311 e. The van der Waals surface area contributed by atoms with Gasteiger partial charge >= 0.3 is 5.97 Å². The predicted octanol–water partition coefficient (Wildman–Crippen LogP) is 1.89. The van der Waals surface area contributed by atoms with E-state index >= 15 is 0 Å². The topological polar surface area (TPSA) is 59.3 Å². The Balaban J connectivity index is 2.74. The van der Waals surface area contributed by atoms with Crippen LogP contribution in [0.2, 0.25) is 0 Å². The number of nitriles is 1. The molecule has 17 heavy (non-hydrogen) atoms. The molecular formula is C12H12FNO3. The SMILES string of the molecule is COC(=O)C(C)COc1cccc(F)c1C#N. The van der Waals surface area contributed by atoms with Gasteiger partial charge in [-0.3, -0.25) is 4.79 Å². The van der Waals surface area contributed by atoms with Crippen LogP contribution in [0.5, 0.6) is 5.75 Å². The van der Waals surface area contributed by atoms with Gasteiger partial charge in [0.05, 0.1) is 13.0 Å². The van der Waals surface area contributed by atoms with Gasteiger partial charge in [0.1, 0.15) is 29.8 Å². The van der Waals surface area contributed by atoms with Crippen LogP contribution in [0.15, 0.2) is 18.2 Å². The molecule has 0 aliphatic carbocycles. The van der Waals surface area contributed by atoms with Crippen molar-refractivity contribution in [2.45, 2.75) is 6.92 Å². The maximum atomic E-state index is 13.2. The molecule has 0 bridgehead atoms. The van der Waals surface area contributed by atoms with E-state index in [4.69, 9.17) is 10.00 Å². The van der Waals surface area contributed by atoms with Crippen molar-refractivity contribution < 1.29 is 18.7 Å². The summed E-state index contributed by atoms with van der Waals surface area (Å²) in [5.74, 6) is -1.41. The largest absolute Gasteiger partial charge is 0.491 e. The molecule has 0 saturated carbocycles. The molecule has 1 aromatic carbocycles. The van der Waals surface area contributed by atoms with Crippen molar-refractivity contribution in [3.05, 3.63) is 29.6 Å². The molecule has 1 atom stereocenters. The van der Waals surface area contributed by atoms with Crippen LogP contribution in [-0.2, 0) is 9.53 Å². The molecule has 0 radical (unpaired) electrons. The minimum absolute atomic E-state index is 0.0325. The highest BCUT2D eigenvalue weighted by molar-refractivity contribution is 5.71. The van der Waals surface area contributed by atoms with E-state index in [2.05, 4.69) is 4.74 Å². The van der Waals surface area contributed by atoms with Gasteiger partial charge in [-0.2, -0.15) is 5.26 Å². The Morgan fingerprint density at radius 1 is 1.59 bits per heavy atom. The number of methoxy groups -OCH3 is 1. The summed E-state index contributed by atoms with van der Waals surface area (Å²) >= 11 is 0. The second-order valence-corrected chi connectivity index (χ2v) is 3.46. The summed E-state index contributed by atoms with van der Waals surface area (Å²) < 4.78 is 23.0. The third-order valence-electron chi connectivity index (χ3n) is 2.18. The standard InChI is InChI=1S/C12H12FNO3/c1-8(12(15)16-2)7-17-11-5-3-4-10(13)9(11)6-14/h3-5,8H,7H2,1-2H3. The first-order valence-electron chi connectivity index (χ1n) is 4.99. The minimum atomic E-state index is -0.643. The van der Waals surface area contributed by atoms with Gasteiger partial charge in [-0.25, -0.2) is 4.39 Å². The number of carbonyl (C=O) groups excluding carboxylic acids is 1. The highest BCUT2D eigenvalue weighted by atomic mass is 19.1. The Labute approximate surface area is 98.6 Å². The fraction of sp³-hybridized carbons (Fsp3) is 0.333. The smallest absolute Gasteiger partial charge is 0.311 e. The molecule has 0 aromatic heterocycles. The van der Waals surface area contributed by atoms with Gasteiger partial charge in [-0.1, -0.05) is 6.07 Å². The second-order valence-electron chi connectivity index (χ2n) is 3.46. The summed E-state index contributed by atoms with van der Waals surface area (Å²) in [5, 5.41) is 8.76. The fourth-order valence-electron chi connectivity index (χ4n) is 1.22. The van der Waals surface area contributed by atoms with Crippen molar-refractivity contribution in [1.29, 1.82) is 5.26 Å². The van der Waals surface area contributed by atoms with Gasteiger partial charge < -0.3 is 9.47 Å². The number of rotatable bonds is 4. The lowest BCUT2D eigenvalue weighted by atomic mass is 10.2. The number of benzene rings is 1. The lowest BCUT2D eigenvalue weighted by Gasteiger charge is -2.12. The molecule has 5 heteroatoms. The molecule has 0 aliphatic rings. The zero-order valence-electron chi connectivity index (χ0n) is 9.57. The van der Waals surface area contributed by atoms with E-state index in [1.807, 2.05) is 0 Å². The van der Waals surface area contributed by atoms with Crippen LogP contribution < -0.4 is 4.74 Å². The summed E-state index contributed by atoms with van der Waals surface area (Å²) in [6.45, 7) is 1.65. The van der Waals surface area contributed by atoms with E-state index in [1.54, 1.807) is 13.0 Å². The number of ether oxygens (including phenoxy) is 2. The Hall–Kier alpha value is -2.09. The lowest BCUT2D eigenvalue weighted by molar-refractivity contribution is -0.145. The van der Waals surface area contributed by atoms with Gasteiger partial charge in [-0.05, 0) is 19.1 Å². The van der Waals surface area contributed by atoms with Gasteiger partial charge in [0.15, 0.2) is 0 Å². The molecule has 0 spiro atoms. The average molecular weight is 237 g/mol. The highest BCUT2D eigenvalue weighted by Crippen LogP contribution is 2.20. The molecule has 1 rings (SSSR count). The fourth-order valence-corrected chi connectivity index (χ4v) is 1.22. The van der Waals surface area contributed by atoms with Crippen molar-refractivity contribution in [2.24, 2.45) is 5.92 Å². The van der Waals surface area contributed by atoms with E-state index in [1.165, 1.54) is 25.3 Å². The zero-order valence-corrected chi connectivity index (χ0v) is 9.57. The van der Waals surface area contributed by atoms with E-state index < -0.39 is 17.7 Å². The van der Waals surface area contributed by atoms with E-state index in [9.17, 15) is 9.18 Å². The zero-order chi connectivity index (χ0) is 12.8. The molecule has 0 saturated heterocycles. The van der Waals surface area contributed by atoms with Gasteiger partial charge in [0, 0.05) is 0 Å². The Kier molecular flexibility index (Phi) is 4.46. The third-order valence-corrected chi connectivity index (χ3v) is 2.18. The van der Waals surface area contributed by atoms with E-state index in [0.29, 0.717) is 0 Å². The Morgan fingerprint density at radius 3 is 2.88 bits per heavy atom. The highest BCUT2D eigenvalue weighted by Gasteiger charge is 2.15. The molecule has 0 N–H and O–H groups in total. The summed E-state index contributed by atoms with van der Waals surface area (Å²) in [7, 11) is 1.28. The number of hydrogen-bond donors (Lipinski definition) is 0. The Bertz CT molecular complexity index is 454. The van der Waals surface area contributed by atoms with Crippen molar-refractivity contribution in [2.75, 3.05) is 13.7 Å². The van der Waals surface area contributed by atoms with E-state index in [-0.39, 0.29) is 17.9 Å². The van der Waals surface area contributed by atoms with E-state index in [0.717, 1.165) is 0 Å². The molecule has 0 aliphatic heterocycles. The van der Waals surface area contributed by atoms with Crippen LogP contribution in [0.3, 0.4) is 0 Å². The molecule has 1 unspecified atom stereocenters. The normalized spacial score (nSPS) is 11.4. The molecule has 4 nitrogen and oxygen atoms in total. The van der Waals surface area contributed by atoms with Crippen molar-refractivity contribution in [3.8, 4) is 11.8 Å². The maximum absolute atomic E-state index is 13.2. The summed E-state index contributed by atoms with van der Waals surface area (Å²) in [5.41, 5.74) is -0.162. The van der Waals surface area contributed by atoms with Crippen molar-refractivity contribution in [1.82, 2.24) is 0 Å². The van der Waals surface area contributed by atoms with Gasteiger partial charge in [-0.15, -0.1) is 0 Å². The van der Waals surface area contributed by atoms with Crippen LogP contribution >= 0.6 is 0 Å². The van der Waals surface area contributed by atoms with Crippen LogP contribution in [0.25, 0.3) is 0 Å². The third kappa shape index (κ3) is 3.18. The first kappa shape index (κ1) is 13.0. The summed E-state index contributed by atoms with van der Waals surface area (Å²) in [6, 6.07) is 5.81. The Morgan fingerprint density at radius 2 is 2.29 bits per heavy atom. The number of hydrogen-bond acceptors (Lipinski definition) is 4. The molecule has 90 valence electrons. The van der Waals surface area contributed by atoms with Crippen molar-refractivity contribution in [3.63, 3.8) is 0 Å². The van der Waals surface area contributed by atoms with Crippen LogP contribution in [0.1, 0.15) is 12.5 Å². The average Bonchev–Trinajstić information content (AvgIpc) is 2.34. The molecule has 0 fully saturated rings. The monoisotopic (exact) mass is 237 g/mol. The summed E-state index contributed by atoms with van der Waals surface area (Å²) in [6.07, 6.45) is 0. The van der Waals surface area contributed by atoms with Crippen LogP contribution in [0.4, 0.5) is 4.39 Å². The van der Waals surface area contributed by atoms with Crippen LogP contribution in [-0.4, -0.2) is 19.7 Å². The van der Waals surface area contributed by atoms with Gasteiger partial charge in [0.25, 0.3) is 0 Å². The second kappa shape index (κ2) is 5.85. The lowest BCUT2D eigenvalue weighted by Crippen LogP contribution is -2.20. The molecule has 0 heterocycles. The number of nitrogens with zero attached hydrogens (tertiary/aromatic N) is 1. The molecule has 1 aromatic rings. The first-order chi connectivity index (χ1) is 8.10. The quantitative estimate of drug-likeness (QED) is 0.750. The van der Waals surface area contributed by atoms with Gasteiger partial charge in [0.2, 0.25) is 0 Å². The predicted molar refractivity (Wildman–Crippen MR) is 57.8 cm³/mol. The van der Waals surface area contributed by atoms with Crippen molar-refractivity contribution >= 4 is 5.97 Å². The molecule has 0 amide bonds.